The number of hydrogen-bond donors (Lipinski definition) is 1. The van der Waals surface area contributed by atoms with Crippen LogP contribution < -0.4 is 10.1 Å². The van der Waals surface area contributed by atoms with Crippen molar-refractivity contribution in [3.8, 4) is 5.75 Å². The molecule has 1 aliphatic rings. The van der Waals surface area contributed by atoms with Crippen LogP contribution in [0.1, 0.15) is 24.7 Å². The first kappa shape index (κ1) is 18.1. The lowest BCUT2D eigenvalue weighted by Gasteiger charge is -2.24. The van der Waals surface area contributed by atoms with Crippen molar-refractivity contribution in [3.63, 3.8) is 0 Å². The zero-order valence-corrected chi connectivity index (χ0v) is 14.6. The average Bonchev–Trinajstić information content (AvgIpc) is 3.27. The van der Waals surface area contributed by atoms with Crippen LogP contribution in [0.4, 0.5) is 23.7 Å². The van der Waals surface area contributed by atoms with E-state index in [-0.39, 0.29) is 11.7 Å². The maximum absolute atomic E-state index is 12.7. The number of alkyl halides is 3. The lowest BCUT2D eigenvalue weighted by atomic mass is 10.2. The quantitative estimate of drug-likeness (QED) is 0.733. The number of ether oxygens (including phenoxy) is 1. The van der Waals surface area contributed by atoms with E-state index in [0.717, 1.165) is 18.9 Å². The number of urea groups is 1. The zero-order chi connectivity index (χ0) is 19.7. The Balaban J connectivity index is 1.52. The Labute approximate surface area is 157 Å². The summed E-state index contributed by atoms with van der Waals surface area (Å²) in [6, 6.07) is 10.0. The van der Waals surface area contributed by atoms with E-state index in [1.807, 2.05) is 28.8 Å². The largest absolute Gasteiger partial charge is 0.573 e. The van der Waals surface area contributed by atoms with Crippen molar-refractivity contribution in [1.29, 1.82) is 0 Å². The van der Waals surface area contributed by atoms with E-state index in [4.69, 9.17) is 0 Å². The van der Waals surface area contributed by atoms with Crippen molar-refractivity contribution in [2.75, 3.05) is 11.9 Å². The maximum Gasteiger partial charge on any atom is 0.573 e. The van der Waals surface area contributed by atoms with E-state index < -0.39 is 18.1 Å². The van der Waals surface area contributed by atoms with Crippen molar-refractivity contribution < 1.29 is 22.7 Å². The summed E-state index contributed by atoms with van der Waals surface area (Å²) in [6.07, 6.45) is -1.45. The molecular formula is C18H16F3N5O2. The first-order valence-corrected chi connectivity index (χ1v) is 8.64. The summed E-state index contributed by atoms with van der Waals surface area (Å²) in [6.45, 7) is 0.511. The summed E-state index contributed by atoms with van der Waals surface area (Å²) in [5.41, 5.74) is 0.894. The van der Waals surface area contributed by atoms with Gasteiger partial charge in [-0.15, -0.1) is 23.4 Å². The molecule has 1 fully saturated rings. The molecule has 4 rings (SSSR count). The van der Waals surface area contributed by atoms with Crippen molar-refractivity contribution in [3.05, 3.63) is 54.5 Å². The third kappa shape index (κ3) is 3.71. The van der Waals surface area contributed by atoms with Crippen LogP contribution >= 0.6 is 0 Å². The molecule has 2 amide bonds. The molecule has 1 aromatic carbocycles. The van der Waals surface area contributed by atoms with Crippen molar-refractivity contribution in [2.45, 2.75) is 25.2 Å². The predicted molar refractivity (Wildman–Crippen MR) is 93.8 cm³/mol. The lowest BCUT2D eigenvalue weighted by Crippen LogP contribution is -2.35. The molecule has 7 nitrogen and oxygen atoms in total. The highest BCUT2D eigenvalue weighted by Crippen LogP contribution is 2.32. The summed E-state index contributed by atoms with van der Waals surface area (Å²) in [4.78, 5) is 14.4. The highest BCUT2D eigenvalue weighted by atomic mass is 19.4. The molecule has 0 aliphatic carbocycles. The minimum Gasteiger partial charge on any atom is -0.406 e. The molecule has 3 heterocycles. The van der Waals surface area contributed by atoms with Gasteiger partial charge in [0, 0.05) is 24.5 Å². The third-order valence-corrected chi connectivity index (χ3v) is 4.47. The van der Waals surface area contributed by atoms with E-state index in [9.17, 15) is 18.0 Å². The summed E-state index contributed by atoms with van der Waals surface area (Å²) in [5.74, 6) is 0.254. The summed E-state index contributed by atoms with van der Waals surface area (Å²) >= 11 is 0. The van der Waals surface area contributed by atoms with Crippen LogP contribution in [-0.4, -0.2) is 38.4 Å². The van der Waals surface area contributed by atoms with Gasteiger partial charge in [-0.05, 0) is 37.1 Å². The van der Waals surface area contributed by atoms with Crippen LogP contribution in [-0.2, 0) is 0 Å². The number of likely N-dealkylation sites (tertiary alicyclic amines) is 1. The van der Waals surface area contributed by atoms with Gasteiger partial charge in [0.05, 0.1) is 6.04 Å². The summed E-state index contributed by atoms with van der Waals surface area (Å²) in [7, 11) is 0. The first-order valence-electron chi connectivity index (χ1n) is 8.64. The fraction of sp³-hybridized carbons (Fsp3) is 0.278. The van der Waals surface area contributed by atoms with Gasteiger partial charge in [0.15, 0.2) is 11.5 Å². The number of nitrogens with one attached hydrogen (secondary N) is 1. The molecule has 1 atom stereocenters. The molecular weight excluding hydrogens is 375 g/mol. The van der Waals surface area contributed by atoms with Gasteiger partial charge in [0.25, 0.3) is 0 Å². The van der Waals surface area contributed by atoms with Crippen LogP contribution in [0.25, 0.3) is 5.65 Å². The molecule has 10 heteroatoms. The smallest absolute Gasteiger partial charge is 0.406 e. The Morgan fingerprint density at radius 1 is 1.18 bits per heavy atom. The van der Waals surface area contributed by atoms with Gasteiger partial charge >= 0.3 is 12.4 Å². The van der Waals surface area contributed by atoms with E-state index in [0.29, 0.717) is 18.0 Å². The van der Waals surface area contributed by atoms with Crippen LogP contribution in [0, 0.1) is 0 Å². The second-order valence-corrected chi connectivity index (χ2v) is 6.34. The van der Waals surface area contributed by atoms with Crippen molar-refractivity contribution in [2.24, 2.45) is 0 Å². The number of fused-ring (bicyclic) bond motifs is 1. The highest BCUT2D eigenvalue weighted by Gasteiger charge is 2.34. The van der Waals surface area contributed by atoms with Gasteiger partial charge in [-0.1, -0.05) is 12.1 Å². The number of pyridine rings is 1. The predicted octanol–water partition coefficient (Wildman–Crippen LogP) is 4.00. The topological polar surface area (TPSA) is 71.8 Å². The van der Waals surface area contributed by atoms with Crippen molar-refractivity contribution >= 4 is 17.4 Å². The molecule has 2 aromatic heterocycles. The minimum atomic E-state index is -4.79. The van der Waals surface area contributed by atoms with Crippen LogP contribution in [0.2, 0.25) is 0 Å². The number of hydrogen-bond acceptors (Lipinski definition) is 4. The standard InChI is InChI=1S/C18H16F3N5O2/c19-18(20,21)28-13-6-3-5-12(11-13)22-17(27)25-10-4-7-14(25)16-24-23-15-8-1-2-9-26(15)16/h1-3,5-6,8-9,11,14H,4,7,10H2,(H,22,27)/t14-/m0/s1. The number of aromatic nitrogens is 3. The van der Waals surface area contributed by atoms with Crippen LogP contribution in [0.5, 0.6) is 5.75 Å². The fourth-order valence-electron chi connectivity index (χ4n) is 3.33. The van der Waals surface area contributed by atoms with Gasteiger partial charge in [0.2, 0.25) is 0 Å². The van der Waals surface area contributed by atoms with Gasteiger partial charge in [-0.3, -0.25) is 4.40 Å². The van der Waals surface area contributed by atoms with Crippen molar-refractivity contribution in [1.82, 2.24) is 19.5 Å². The Hall–Kier alpha value is -3.30. The van der Waals surface area contributed by atoms with E-state index in [1.165, 1.54) is 18.2 Å². The first-order chi connectivity index (χ1) is 13.4. The van der Waals surface area contributed by atoms with E-state index in [2.05, 4.69) is 20.3 Å². The van der Waals surface area contributed by atoms with Crippen LogP contribution in [0.15, 0.2) is 48.7 Å². The number of anilines is 1. The fourth-order valence-corrected chi connectivity index (χ4v) is 3.33. The Morgan fingerprint density at radius 3 is 2.86 bits per heavy atom. The molecule has 28 heavy (non-hydrogen) atoms. The number of benzene rings is 1. The molecule has 3 aromatic rings. The van der Waals surface area contributed by atoms with Gasteiger partial charge in [0.1, 0.15) is 5.75 Å². The molecule has 1 saturated heterocycles. The SMILES string of the molecule is O=C(Nc1cccc(OC(F)(F)F)c1)N1CCC[C@H]1c1nnc2ccccn12. The minimum absolute atomic E-state index is 0.212. The number of nitrogens with zero attached hydrogens (tertiary/aromatic N) is 4. The number of halogens is 3. The number of carbonyl (C=O) groups excluding carboxylic acids is 1. The van der Waals surface area contributed by atoms with E-state index in [1.54, 1.807) is 4.90 Å². The Morgan fingerprint density at radius 2 is 2.04 bits per heavy atom. The zero-order valence-electron chi connectivity index (χ0n) is 14.6. The second kappa shape index (κ2) is 7.02. The molecule has 0 radical (unpaired) electrons. The molecule has 146 valence electrons. The third-order valence-electron chi connectivity index (χ3n) is 4.47. The molecule has 1 aliphatic heterocycles. The molecule has 0 bridgehead atoms. The summed E-state index contributed by atoms with van der Waals surface area (Å²) in [5, 5.41) is 11.0. The molecule has 0 spiro atoms. The summed E-state index contributed by atoms with van der Waals surface area (Å²) < 4.78 is 42.9. The number of carbonyl (C=O) groups is 1. The van der Waals surface area contributed by atoms with E-state index >= 15 is 0 Å². The molecule has 0 unspecified atom stereocenters. The Bertz CT molecular complexity index is 1000. The van der Waals surface area contributed by atoms with Gasteiger partial charge in [-0.2, -0.15) is 0 Å². The van der Waals surface area contributed by atoms with Crippen LogP contribution in [0.3, 0.4) is 0 Å². The van der Waals surface area contributed by atoms with Gasteiger partial charge < -0.3 is 15.0 Å². The number of rotatable bonds is 3. The van der Waals surface area contributed by atoms with Gasteiger partial charge in [-0.25, -0.2) is 4.79 Å². The Kier molecular flexibility index (Phi) is 4.54. The second-order valence-electron chi connectivity index (χ2n) is 6.34. The number of amides is 2. The maximum atomic E-state index is 12.7. The highest BCUT2D eigenvalue weighted by molar-refractivity contribution is 5.90. The lowest BCUT2D eigenvalue weighted by molar-refractivity contribution is -0.274. The molecule has 1 N–H and O–H groups in total. The molecule has 0 saturated carbocycles. The normalized spacial score (nSPS) is 17.1. The monoisotopic (exact) mass is 391 g/mol. The average molecular weight is 391 g/mol.